The van der Waals surface area contributed by atoms with Crippen molar-refractivity contribution in [3.63, 3.8) is 0 Å². The lowest BCUT2D eigenvalue weighted by molar-refractivity contribution is 0.217. The van der Waals surface area contributed by atoms with Crippen molar-refractivity contribution in [2.24, 2.45) is 0 Å². The highest BCUT2D eigenvalue weighted by atomic mass is 16.2. The highest BCUT2D eigenvalue weighted by Gasteiger charge is 2.18. The quantitative estimate of drug-likeness (QED) is 0.806. The predicted octanol–water partition coefficient (Wildman–Crippen LogP) is 1.35. The van der Waals surface area contributed by atoms with Crippen LogP contribution in [0.4, 0.5) is 4.79 Å². The lowest BCUT2D eigenvalue weighted by Gasteiger charge is -2.14. The van der Waals surface area contributed by atoms with Crippen LogP contribution in [0.5, 0.6) is 0 Å². The molecule has 1 aliphatic heterocycles. The molecular weight excluding hydrogens is 252 g/mol. The van der Waals surface area contributed by atoms with E-state index in [4.69, 9.17) is 0 Å². The molecule has 20 heavy (non-hydrogen) atoms. The zero-order valence-corrected chi connectivity index (χ0v) is 11.3. The fourth-order valence-electron chi connectivity index (χ4n) is 2.47. The van der Waals surface area contributed by atoms with Crippen LogP contribution in [-0.4, -0.2) is 42.1 Å². The molecule has 0 spiro atoms. The maximum Gasteiger partial charge on any atom is 0.317 e. The van der Waals surface area contributed by atoms with Gasteiger partial charge in [0, 0.05) is 44.3 Å². The Morgan fingerprint density at radius 3 is 3.05 bits per heavy atom. The number of rotatable bonds is 5. The van der Waals surface area contributed by atoms with Crippen molar-refractivity contribution in [3.05, 3.63) is 42.1 Å². The average molecular weight is 270 g/mol. The first kappa shape index (κ1) is 12.9. The predicted molar refractivity (Wildman–Crippen MR) is 78.4 cm³/mol. The van der Waals surface area contributed by atoms with Crippen LogP contribution < -0.4 is 10.6 Å². The summed E-state index contributed by atoms with van der Waals surface area (Å²) in [5.74, 6) is 0. The summed E-state index contributed by atoms with van der Waals surface area (Å²) >= 11 is 0. The molecule has 2 heterocycles. The number of hydrogen-bond donors (Lipinski definition) is 2. The van der Waals surface area contributed by atoms with E-state index < -0.39 is 0 Å². The van der Waals surface area contributed by atoms with Gasteiger partial charge in [0.1, 0.15) is 0 Å². The second-order valence-corrected chi connectivity index (χ2v) is 4.89. The van der Waals surface area contributed by atoms with Crippen LogP contribution in [0.1, 0.15) is 5.56 Å². The number of pyridine rings is 1. The molecule has 0 unspecified atom stereocenters. The Balaban J connectivity index is 1.56. The lowest BCUT2D eigenvalue weighted by atomic mass is 10.1. The third-order valence-electron chi connectivity index (χ3n) is 3.54. The summed E-state index contributed by atoms with van der Waals surface area (Å²) in [5.41, 5.74) is 2.23. The second kappa shape index (κ2) is 5.88. The molecule has 0 atom stereocenters. The maximum absolute atomic E-state index is 11.4. The van der Waals surface area contributed by atoms with Gasteiger partial charge in [0.2, 0.25) is 0 Å². The SMILES string of the molecule is O=C1NCCN1CCNCc1cccc2cccnc12. The van der Waals surface area contributed by atoms with E-state index >= 15 is 0 Å². The smallest absolute Gasteiger partial charge is 0.317 e. The fraction of sp³-hybridized carbons (Fsp3) is 0.333. The summed E-state index contributed by atoms with van der Waals surface area (Å²) in [5, 5.41) is 7.34. The van der Waals surface area contributed by atoms with Crippen LogP contribution in [0.15, 0.2) is 36.5 Å². The van der Waals surface area contributed by atoms with Gasteiger partial charge in [-0.05, 0) is 11.6 Å². The number of carbonyl (C=O) groups excluding carboxylic acids is 1. The van der Waals surface area contributed by atoms with Crippen LogP contribution in [0.3, 0.4) is 0 Å². The molecule has 2 amide bonds. The number of amides is 2. The highest BCUT2D eigenvalue weighted by Crippen LogP contribution is 2.15. The number of carbonyl (C=O) groups is 1. The van der Waals surface area contributed by atoms with Gasteiger partial charge < -0.3 is 15.5 Å². The van der Waals surface area contributed by atoms with E-state index in [-0.39, 0.29) is 6.03 Å². The summed E-state index contributed by atoms with van der Waals surface area (Å²) < 4.78 is 0. The van der Waals surface area contributed by atoms with Gasteiger partial charge in [-0.2, -0.15) is 0 Å². The van der Waals surface area contributed by atoms with Gasteiger partial charge in [-0.25, -0.2) is 4.79 Å². The van der Waals surface area contributed by atoms with E-state index in [9.17, 15) is 4.79 Å². The molecule has 1 fully saturated rings. The van der Waals surface area contributed by atoms with E-state index in [1.807, 2.05) is 17.2 Å². The molecule has 0 aliphatic carbocycles. The van der Waals surface area contributed by atoms with Crippen molar-refractivity contribution < 1.29 is 4.79 Å². The third-order valence-corrected chi connectivity index (χ3v) is 3.54. The standard InChI is InChI=1S/C15H18N4O/c20-15-18-8-10-19(15)9-7-16-11-13-4-1-3-12-5-2-6-17-14(12)13/h1-6,16H,7-11H2,(H,18,20). The van der Waals surface area contributed by atoms with Crippen molar-refractivity contribution >= 4 is 16.9 Å². The molecule has 1 saturated heterocycles. The Bertz CT molecular complexity index is 608. The number of hydrogen-bond acceptors (Lipinski definition) is 3. The van der Waals surface area contributed by atoms with Gasteiger partial charge in [0.15, 0.2) is 0 Å². The molecule has 1 aromatic heterocycles. The minimum Gasteiger partial charge on any atom is -0.336 e. The fourth-order valence-corrected chi connectivity index (χ4v) is 2.47. The highest BCUT2D eigenvalue weighted by molar-refractivity contribution is 5.81. The number of para-hydroxylation sites is 1. The van der Waals surface area contributed by atoms with Crippen LogP contribution in [0, 0.1) is 0 Å². The Labute approximate surface area is 118 Å². The molecule has 2 aromatic rings. The number of fused-ring (bicyclic) bond motifs is 1. The minimum absolute atomic E-state index is 0.0404. The Hall–Kier alpha value is -2.14. The number of aromatic nitrogens is 1. The van der Waals surface area contributed by atoms with E-state index in [2.05, 4.69) is 39.9 Å². The van der Waals surface area contributed by atoms with Gasteiger partial charge in [-0.1, -0.05) is 24.3 Å². The van der Waals surface area contributed by atoms with Gasteiger partial charge in [0.25, 0.3) is 0 Å². The van der Waals surface area contributed by atoms with E-state index in [1.54, 1.807) is 0 Å². The zero-order chi connectivity index (χ0) is 13.8. The van der Waals surface area contributed by atoms with E-state index in [1.165, 1.54) is 5.56 Å². The first-order valence-electron chi connectivity index (χ1n) is 6.91. The summed E-state index contributed by atoms with van der Waals surface area (Å²) in [7, 11) is 0. The first-order valence-corrected chi connectivity index (χ1v) is 6.91. The molecule has 2 N–H and O–H groups in total. The molecular formula is C15H18N4O. The Kier molecular flexibility index (Phi) is 3.78. The molecule has 1 aromatic carbocycles. The largest absolute Gasteiger partial charge is 0.336 e. The van der Waals surface area contributed by atoms with Crippen LogP contribution in [0.25, 0.3) is 10.9 Å². The molecule has 0 bridgehead atoms. The maximum atomic E-state index is 11.4. The van der Waals surface area contributed by atoms with E-state index in [0.29, 0.717) is 0 Å². The number of benzene rings is 1. The van der Waals surface area contributed by atoms with Crippen molar-refractivity contribution in [1.82, 2.24) is 20.5 Å². The van der Waals surface area contributed by atoms with Crippen molar-refractivity contribution in [2.75, 3.05) is 26.2 Å². The van der Waals surface area contributed by atoms with Crippen molar-refractivity contribution in [1.29, 1.82) is 0 Å². The van der Waals surface area contributed by atoms with Crippen molar-refractivity contribution in [3.8, 4) is 0 Å². The van der Waals surface area contributed by atoms with Crippen LogP contribution >= 0.6 is 0 Å². The molecule has 1 aliphatic rings. The van der Waals surface area contributed by atoms with Gasteiger partial charge in [-0.3, -0.25) is 4.98 Å². The molecule has 0 saturated carbocycles. The first-order chi connectivity index (χ1) is 9.84. The topological polar surface area (TPSA) is 57.3 Å². The zero-order valence-electron chi connectivity index (χ0n) is 11.3. The molecule has 5 nitrogen and oxygen atoms in total. The second-order valence-electron chi connectivity index (χ2n) is 4.89. The number of nitrogens with zero attached hydrogens (tertiary/aromatic N) is 2. The van der Waals surface area contributed by atoms with Gasteiger partial charge >= 0.3 is 6.03 Å². The normalized spacial score (nSPS) is 14.8. The molecule has 3 rings (SSSR count). The van der Waals surface area contributed by atoms with Crippen LogP contribution in [0.2, 0.25) is 0 Å². The van der Waals surface area contributed by atoms with Gasteiger partial charge in [0.05, 0.1) is 5.52 Å². The average Bonchev–Trinajstić information content (AvgIpc) is 2.89. The summed E-state index contributed by atoms with van der Waals surface area (Å²) in [6.45, 7) is 3.85. The van der Waals surface area contributed by atoms with Crippen molar-refractivity contribution in [2.45, 2.75) is 6.54 Å². The summed E-state index contributed by atoms with van der Waals surface area (Å²) in [6.07, 6.45) is 1.82. The minimum atomic E-state index is 0.0404. The molecule has 104 valence electrons. The Morgan fingerprint density at radius 2 is 2.20 bits per heavy atom. The molecule has 5 heteroatoms. The van der Waals surface area contributed by atoms with Gasteiger partial charge in [-0.15, -0.1) is 0 Å². The number of nitrogens with one attached hydrogen (secondary N) is 2. The Morgan fingerprint density at radius 1 is 1.30 bits per heavy atom. The lowest BCUT2D eigenvalue weighted by Crippen LogP contribution is -2.34. The van der Waals surface area contributed by atoms with Crippen LogP contribution in [-0.2, 0) is 6.54 Å². The third kappa shape index (κ3) is 2.72. The summed E-state index contributed by atoms with van der Waals surface area (Å²) in [6, 6.07) is 10.3. The summed E-state index contributed by atoms with van der Waals surface area (Å²) in [4.78, 5) is 17.7. The monoisotopic (exact) mass is 270 g/mol. The van der Waals surface area contributed by atoms with E-state index in [0.717, 1.165) is 43.6 Å². The molecule has 0 radical (unpaired) electrons. The number of urea groups is 1.